The van der Waals surface area contributed by atoms with E-state index in [9.17, 15) is 28.1 Å². The lowest BCUT2D eigenvalue weighted by atomic mass is 10.0. The van der Waals surface area contributed by atoms with Crippen LogP contribution in [0.1, 0.15) is 30.0 Å². The highest BCUT2D eigenvalue weighted by molar-refractivity contribution is 9.10. The van der Waals surface area contributed by atoms with Gasteiger partial charge in [0.2, 0.25) is 11.8 Å². The van der Waals surface area contributed by atoms with E-state index in [1.165, 1.54) is 49.3 Å². The fourth-order valence-electron chi connectivity index (χ4n) is 5.15. The largest absolute Gasteiger partial charge is 0.495 e. The van der Waals surface area contributed by atoms with Crippen molar-refractivity contribution in [3.05, 3.63) is 127 Å². The maximum Gasteiger partial charge on any atom is 0.273 e. The number of carbonyl (C=O) groups excluding carboxylic acids is 2. The highest BCUT2D eigenvalue weighted by Crippen LogP contribution is 2.36. The van der Waals surface area contributed by atoms with Gasteiger partial charge in [0.05, 0.1) is 22.6 Å². The molecule has 0 spiro atoms. The minimum Gasteiger partial charge on any atom is -0.495 e. The van der Waals surface area contributed by atoms with Crippen molar-refractivity contribution in [1.82, 2.24) is 10.2 Å². The molecule has 49 heavy (non-hydrogen) atoms. The number of methoxy groups -OCH3 is 1. The van der Waals surface area contributed by atoms with Crippen LogP contribution in [0.4, 0.5) is 11.4 Å². The van der Waals surface area contributed by atoms with Gasteiger partial charge in [0.25, 0.3) is 15.7 Å². The number of carbonyl (C=O) groups is 2. The lowest BCUT2D eigenvalue weighted by Gasteiger charge is -2.34. The summed E-state index contributed by atoms with van der Waals surface area (Å²) in [6, 6.07) is 23.2. The molecule has 0 saturated heterocycles. The second kappa shape index (κ2) is 16.8. The topological polar surface area (TPSA) is 139 Å². The van der Waals surface area contributed by atoms with E-state index in [0.29, 0.717) is 18.5 Å². The molecule has 0 bridgehead atoms. The van der Waals surface area contributed by atoms with Crippen molar-refractivity contribution < 1.29 is 27.7 Å². The van der Waals surface area contributed by atoms with Crippen LogP contribution in [0.3, 0.4) is 0 Å². The van der Waals surface area contributed by atoms with E-state index in [2.05, 4.69) is 21.2 Å². The summed E-state index contributed by atoms with van der Waals surface area (Å²) in [5, 5.41) is 14.8. The Morgan fingerprint density at radius 1 is 1.00 bits per heavy atom. The third-order valence-electron chi connectivity index (χ3n) is 7.74. The first kappa shape index (κ1) is 37.4. The predicted octanol–water partition coefficient (Wildman–Crippen LogP) is 6.69. The van der Waals surface area contributed by atoms with Crippen LogP contribution in [0.15, 0.2) is 100 Å². The summed E-state index contributed by atoms with van der Waals surface area (Å²) in [5.41, 5.74) is 1.28. The van der Waals surface area contributed by atoms with Crippen molar-refractivity contribution in [3.8, 4) is 5.75 Å². The zero-order chi connectivity index (χ0) is 35.7. The summed E-state index contributed by atoms with van der Waals surface area (Å²) in [4.78, 5) is 40.5. The molecule has 4 rings (SSSR count). The van der Waals surface area contributed by atoms with Gasteiger partial charge >= 0.3 is 0 Å². The molecule has 0 aliphatic heterocycles. The minimum absolute atomic E-state index is 0.0280. The average Bonchev–Trinajstić information content (AvgIpc) is 3.08. The first-order chi connectivity index (χ1) is 23.3. The van der Waals surface area contributed by atoms with E-state index in [0.717, 1.165) is 20.4 Å². The van der Waals surface area contributed by atoms with Crippen LogP contribution in [0.2, 0.25) is 5.02 Å². The third-order valence-corrected chi connectivity index (χ3v) is 10.3. The number of sulfonamides is 1. The summed E-state index contributed by atoms with van der Waals surface area (Å²) in [7, 11) is -3.33. The molecule has 4 aromatic carbocycles. The highest BCUT2D eigenvalue weighted by Gasteiger charge is 2.36. The molecule has 2 amide bonds. The number of amides is 2. The van der Waals surface area contributed by atoms with Gasteiger partial charge in [0.15, 0.2) is 0 Å². The molecular weight excluding hydrogens is 736 g/mol. The lowest BCUT2D eigenvalue weighted by molar-refractivity contribution is -0.385. The van der Waals surface area contributed by atoms with Gasteiger partial charge in [0, 0.05) is 40.6 Å². The zero-order valence-corrected chi connectivity index (χ0v) is 30.3. The maximum atomic E-state index is 14.6. The number of anilines is 1. The first-order valence-corrected chi connectivity index (χ1v) is 17.9. The van der Waals surface area contributed by atoms with Gasteiger partial charge in [-0.25, -0.2) is 8.42 Å². The number of hydrogen-bond donors (Lipinski definition) is 1. The Morgan fingerprint density at radius 2 is 1.69 bits per heavy atom. The molecule has 0 aromatic heterocycles. The molecule has 0 radical (unpaired) electrons. The molecule has 14 heteroatoms. The fraction of sp³-hybridized carbons (Fsp3) is 0.257. The standard InChI is InChI=1S/C35H36BrClN4O7S/c1-4-18-38-35(43)32(19-25-8-6-5-7-9-25)39(22-26-11-13-27(36)14-12-26)34(42)23-40(31-20-28(37)15-17-33(31)48-3)49(46,47)29-16-10-24(2)30(21-29)41(44)45/h5-17,20-21,32H,4,18-19,22-23H2,1-3H3,(H,38,43)/t32-/m1/s1. The molecule has 11 nitrogen and oxygen atoms in total. The predicted molar refractivity (Wildman–Crippen MR) is 192 cm³/mol. The van der Waals surface area contributed by atoms with Gasteiger partial charge in [-0.05, 0) is 60.9 Å². The number of ether oxygens (including phenoxy) is 1. The Hall–Kier alpha value is -4.46. The summed E-state index contributed by atoms with van der Waals surface area (Å²) in [5.74, 6) is -1.02. The molecule has 0 heterocycles. The van der Waals surface area contributed by atoms with Gasteiger partial charge in [-0.2, -0.15) is 0 Å². The van der Waals surface area contributed by atoms with Crippen molar-refractivity contribution in [1.29, 1.82) is 0 Å². The fourth-order valence-corrected chi connectivity index (χ4v) is 7.02. The number of benzene rings is 4. The van der Waals surface area contributed by atoms with Crippen LogP contribution in [-0.4, -0.2) is 56.3 Å². The number of nitrogens with zero attached hydrogens (tertiary/aromatic N) is 3. The van der Waals surface area contributed by atoms with Crippen molar-refractivity contribution in [2.24, 2.45) is 0 Å². The van der Waals surface area contributed by atoms with E-state index >= 15 is 0 Å². The quantitative estimate of drug-likeness (QED) is 0.105. The second-order valence-electron chi connectivity index (χ2n) is 11.2. The van der Waals surface area contributed by atoms with Crippen molar-refractivity contribution in [2.45, 2.75) is 44.2 Å². The number of aryl methyl sites for hydroxylation is 1. The van der Waals surface area contributed by atoms with E-state index in [-0.39, 0.29) is 35.0 Å². The normalized spacial score (nSPS) is 11.8. The zero-order valence-electron chi connectivity index (χ0n) is 27.1. The van der Waals surface area contributed by atoms with Gasteiger partial charge in [-0.3, -0.25) is 24.0 Å². The minimum atomic E-state index is -4.67. The van der Waals surface area contributed by atoms with Crippen LogP contribution in [0, 0.1) is 17.0 Å². The van der Waals surface area contributed by atoms with Crippen LogP contribution in [0.5, 0.6) is 5.75 Å². The number of rotatable bonds is 15. The Bertz CT molecular complexity index is 1910. The Balaban J connectivity index is 1.88. The Kier molecular flexibility index (Phi) is 12.8. The molecule has 0 aliphatic carbocycles. The summed E-state index contributed by atoms with van der Waals surface area (Å²) in [6.07, 6.45) is 0.809. The van der Waals surface area contributed by atoms with Crippen molar-refractivity contribution >= 4 is 60.7 Å². The van der Waals surface area contributed by atoms with Crippen molar-refractivity contribution in [2.75, 3.05) is 24.5 Å². The molecule has 0 unspecified atom stereocenters. The van der Waals surface area contributed by atoms with E-state index < -0.39 is 49.9 Å². The monoisotopic (exact) mass is 770 g/mol. The number of nitro benzene ring substituents is 1. The molecule has 4 aromatic rings. The summed E-state index contributed by atoms with van der Waals surface area (Å²) >= 11 is 9.76. The van der Waals surface area contributed by atoms with Gasteiger partial charge in [0.1, 0.15) is 18.3 Å². The average molecular weight is 772 g/mol. The molecule has 0 aliphatic rings. The van der Waals surface area contributed by atoms with E-state index in [1.54, 1.807) is 24.3 Å². The number of hydrogen-bond acceptors (Lipinski definition) is 7. The Labute approximate surface area is 299 Å². The van der Waals surface area contributed by atoms with Crippen LogP contribution >= 0.6 is 27.5 Å². The number of halogens is 2. The SMILES string of the molecule is CCCNC(=O)[C@@H](Cc1ccccc1)N(Cc1ccc(Br)cc1)C(=O)CN(c1cc(Cl)ccc1OC)S(=O)(=O)c1ccc(C)c([N+](=O)[O-])c1. The summed E-state index contributed by atoms with van der Waals surface area (Å²) < 4.78 is 36.0. The number of nitro groups is 1. The maximum absolute atomic E-state index is 14.6. The molecule has 258 valence electrons. The van der Waals surface area contributed by atoms with Crippen molar-refractivity contribution in [3.63, 3.8) is 0 Å². The molecule has 1 atom stereocenters. The Morgan fingerprint density at radius 3 is 2.33 bits per heavy atom. The van der Waals surface area contributed by atoms with Crippen LogP contribution in [-0.2, 0) is 32.6 Å². The molecule has 1 N–H and O–H groups in total. The molecular formula is C35H36BrClN4O7S. The molecule has 0 fully saturated rings. The lowest BCUT2D eigenvalue weighted by Crippen LogP contribution is -2.53. The number of nitrogens with one attached hydrogen (secondary N) is 1. The smallest absolute Gasteiger partial charge is 0.273 e. The first-order valence-electron chi connectivity index (χ1n) is 15.3. The summed E-state index contributed by atoms with van der Waals surface area (Å²) in [6.45, 7) is 2.96. The van der Waals surface area contributed by atoms with Gasteiger partial charge < -0.3 is 15.0 Å². The molecule has 0 saturated carbocycles. The highest BCUT2D eigenvalue weighted by atomic mass is 79.9. The van der Waals surface area contributed by atoms with E-state index in [1.807, 2.05) is 37.3 Å². The van der Waals surface area contributed by atoms with Gasteiger partial charge in [-0.15, -0.1) is 0 Å². The van der Waals surface area contributed by atoms with Crippen LogP contribution in [0.25, 0.3) is 0 Å². The third kappa shape index (κ3) is 9.37. The van der Waals surface area contributed by atoms with E-state index in [4.69, 9.17) is 16.3 Å². The van der Waals surface area contributed by atoms with Gasteiger partial charge in [-0.1, -0.05) is 83.0 Å². The second-order valence-corrected chi connectivity index (χ2v) is 14.4. The van der Waals surface area contributed by atoms with Crippen LogP contribution < -0.4 is 14.4 Å².